The topological polar surface area (TPSA) is 84.9 Å². The molecule has 7 nitrogen and oxygen atoms in total. The molecule has 10 heteroatoms. The number of hydrogen-bond acceptors (Lipinski definition) is 6. The number of thioether (sulfide) groups is 1. The number of nitrogens with zero attached hydrogens (tertiary/aromatic N) is 1. The molecule has 0 heterocycles. The number of carbonyl (C=O) groups excluding carboxylic acids is 1. The highest BCUT2D eigenvalue weighted by Gasteiger charge is 2.23. The van der Waals surface area contributed by atoms with Crippen LogP contribution in [0.15, 0.2) is 71.6 Å². The van der Waals surface area contributed by atoms with Crippen molar-refractivity contribution in [1.82, 2.24) is 0 Å². The quantitative estimate of drug-likeness (QED) is 0.376. The minimum absolute atomic E-state index is 0.292. The Morgan fingerprint density at radius 1 is 1.00 bits per heavy atom. The van der Waals surface area contributed by atoms with Crippen LogP contribution >= 0.6 is 23.4 Å². The number of anilines is 2. The van der Waals surface area contributed by atoms with Gasteiger partial charge in [-0.15, -0.1) is 11.8 Å². The fourth-order valence-corrected chi connectivity index (χ4v) is 5.08. The highest BCUT2D eigenvalue weighted by atomic mass is 35.5. The average molecular weight is 521 g/mol. The molecular formula is C24H25ClN2O5S2. The molecular weight excluding hydrogens is 496 g/mol. The molecule has 1 N–H and O–H groups in total. The Hall–Kier alpha value is -2.88. The Morgan fingerprint density at radius 2 is 1.68 bits per heavy atom. The zero-order chi connectivity index (χ0) is 24.7. The number of halogens is 1. The first-order valence-electron chi connectivity index (χ1n) is 10.2. The van der Waals surface area contributed by atoms with Crippen molar-refractivity contribution in [3.05, 3.63) is 77.3 Å². The summed E-state index contributed by atoms with van der Waals surface area (Å²) in [6.07, 6.45) is 1.05. The molecule has 0 atom stereocenters. The first-order chi connectivity index (χ1) is 16.2. The molecule has 0 aliphatic heterocycles. The van der Waals surface area contributed by atoms with E-state index >= 15 is 0 Å². The van der Waals surface area contributed by atoms with Gasteiger partial charge in [0.2, 0.25) is 15.9 Å². The number of hydrogen-bond donors (Lipinski definition) is 1. The maximum Gasteiger partial charge on any atom is 0.245 e. The Balaban J connectivity index is 1.76. The predicted octanol–water partition coefficient (Wildman–Crippen LogP) is 5.05. The van der Waals surface area contributed by atoms with Gasteiger partial charge in [-0.25, -0.2) is 8.42 Å². The smallest absolute Gasteiger partial charge is 0.245 e. The molecule has 0 radical (unpaired) electrons. The second-order valence-corrected chi connectivity index (χ2v) is 10.6. The summed E-state index contributed by atoms with van der Waals surface area (Å²) in [4.78, 5) is 13.8. The second kappa shape index (κ2) is 11.5. The van der Waals surface area contributed by atoms with E-state index < -0.39 is 22.5 Å². The summed E-state index contributed by atoms with van der Waals surface area (Å²) in [5.41, 5.74) is 1.99. The van der Waals surface area contributed by atoms with E-state index in [0.717, 1.165) is 21.0 Å². The summed E-state index contributed by atoms with van der Waals surface area (Å²) in [7, 11) is -0.806. The van der Waals surface area contributed by atoms with Crippen molar-refractivity contribution in [2.45, 2.75) is 10.6 Å². The fourth-order valence-electron chi connectivity index (χ4n) is 3.14. The lowest BCUT2D eigenvalue weighted by Gasteiger charge is -2.23. The summed E-state index contributed by atoms with van der Waals surface area (Å²) in [6.45, 7) is -0.398. The van der Waals surface area contributed by atoms with Gasteiger partial charge in [0.25, 0.3) is 0 Å². The number of benzene rings is 3. The summed E-state index contributed by atoms with van der Waals surface area (Å²) in [6, 6.07) is 19.6. The number of ether oxygens (including phenoxy) is 2. The summed E-state index contributed by atoms with van der Waals surface area (Å²) in [5, 5.41) is 3.51. The molecule has 1 amide bonds. The van der Waals surface area contributed by atoms with E-state index in [4.69, 9.17) is 21.1 Å². The van der Waals surface area contributed by atoms with Gasteiger partial charge in [0.1, 0.15) is 6.54 Å². The number of sulfonamides is 1. The van der Waals surface area contributed by atoms with Crippen LogP contribution in [0, 0.1) is 0 Å². The molecule has 0 aliphatic carbocycles. The van der Waals surface area contributed by atoms with E-state index in [1.165, 1.54) is 20.3 Å². The second-order valence-electron chi connectivity index (χ2n) is 7.27. The third-order valence-corrected chi connectivity index (χ3v) is 7.35. The average Bonchev–Trinajstić information content (AvgIpc) is 2.82. The Labute approximate surface area is 209 Å². The van der Waals surface area contributed by atoms with Crippen LogP contribution in [-0.2, 0) is 20.6 Å². The number of rotatable bonds is 10. The van der Waals surface area contributed by atoms with Gasteiger partial charge >= 0.3 is 0 Å². The van der Waals surface area contributed by atoms with E-state index in [2.05, 4.69) is 5.32 Å². The number of nitrogens with one attached hydrogen (secondary N) is 1. The third kappa shape index (κ3) is 6.82. The Kier molecular flexibility index (Phi) is 8.71. The number of para-hydroxylation sites is 1. The lowest BCUT2D eigenvalue weighted by atomic mass is 10.2. The lowest BCUT2D eigenvalue weighted by Crippen LogP contribution is -2.37. The van der Waals surface area contributed by atoms with Crippen molar-refractivity contribution in [1.29, 1.82) is 0 Å². The molecule has 3 aromatic carbocycles. The van der Waals surface area contributed by atoms with Gasteiger partial charge in [-0.3, -0.25) is 9.10 Å². The van der Waals surface area contributed by atoms with Crippen molar-refractivity contribution < 1.29 is 22.7 Å². The maximum absolute atomic E-state index is 12.9. The van der Waals surface area contributed by atoms with Crippen LogP contribution < -0.4 is 19.1 Å². The zero-order valence-electron chi connectivity index (χ0n) is 18.9. The number of methoxy groups -OCH3 is 2. The third-order valence-electron chi connectivity index (χ3n) is 4.81. The van der Waals surface area contributed by atoms with E-state index in [0.29, 0.717) is 33.6 Å². The Morgan fingerprint density at radius 3 is 2.32 bits per heavy atom. The molecule has 0 fully saturated rings. The molecule has 3 aromatic rings. The highest BCUT2D eigenvalue weighted by Crippen LogP contribution is 2.33. The van der Waals surface area contributed by atoms with Crippen LogP contribution in [0.4, 0.5) is 11.4 Å². The van der Waals surface area contributed by atoms with E-state index in [1.54, 1.807) is 30.0 Å². The van der Waals surface area contributed by atoms with Crippen LogP contribution in [0.25, 0.3) is 0 Å². The van der Waals surface area contributed by atoms with Gasteiger partial charge in [-0.2, -0.15) is 0 Å². The predicted molar refractivity (Wildman–Crippen MR) is 138 cm³/mol. The normalized spacial score (nSPS) is 11.1. The minimum atomic E-state index is -3.75. The minimum Gasteiger partial charge on any atom is -0.493 e. The standard InChI is InChI=1S/C24H25ClN2O5S2/c1-31-21-13-12-19(14-22(21)32-2)27(34(3,29)30)15-24(28)26-20-6-4-5-7-23(20)33-16-17-8-10-18(25)11-9-17/h4-14H,15-16H2,1-3H3,(H,26,28). The van der Waals surface area contributed by atoms with Crippen molar-refractivity contribution in [2.75, 3.05) is 36.6 Å². The van der Waals surface area contributed by atoms with Crippen molar-refractivity contribution in [3.63, 3.8) is 0 Å². The molecule has 0 bridgehead atoms. The monoisotopic (exact) mass is 520 g/mol. The summed E-state index contributed by atoms with van der Waals surface area (Å²) in [5.74, 6) is 1.03. The maximum atomic E-state index is 12.9. The van der Waals surface area contributed by atoms with E-state index in [1.807, 2.05) is 42.5 Å². The summed E-state index contributed by atoms with van der Waals surface area (Å²) >= 11 is 7.50. The van der Waals surface area contributed by atoms with Crippen LogP contribution in [0.1, 0.15) is 5.56 Å². The van der Waals surface area contributed by atoms with Crippen LogP contribution in [0.2, 0.25) is 5.02 Å². The summed E-state index contributed by atoms with van der Waals surface area (Å²) < 4.78 is 36.5. The SMILES string of the molecule is COc1ccc(N(CC(=O)Nc2ccccc2SCc2ccc(Cl)cc2)S(C)(=O)=O)cc1OC. The first-order valence-corrected chi connectivity index (χ1v) is 13.4. The van der Waals surface area contributed by atoms with Crippen LogP contribution in [-0.4, -0.2) is 41.3 Å². The first kappa shape index (κ1) is 25.7. The molecule has 180 valence electrons. The number of carbonyl (C=O) groups is 1. The zero-order valence-corrected chi connectivity index (χ0v) is 21.3. The van der Waals surface area contributed by atoms with Crippen LogP contribution in [0.5, 0.6) is 11.5 Å². The van der Waals surface area contributed by atoms with Gasteiger partial charge in [-0.1, -0.05) is 35.9 Å². The molecule has 3 rings (SSSR count). The van der Waals surface area contributed by atoms with Gasteiger partial charge < -0.3 is 14.8 Å². The Bertz CT molecular complexity index is 1250. The molecule has 34 heavy (non-hydrogen) atoms. The van der Waals surface area contributed by atoms with Gasteiger partial charge in [-0.05, 0) is 42.0 Å². The van der Waals surface area contributed by atoms with Crippen molar-refractivity contribution in [2.24, 2.45) is 0 Å². The molecule has 0 aliphatic rings. The largest absolute Gasteiger partial charge is 0.493 e. The molecule has 0 aromatic heterocycles. The van der Waals surface area contributed by atoms with Crippen molar-refractivity contribution >= 4 is 50.7 Å². The number of amides is 1. The van der Waals surface area contributed by atoms with Gasteiger partial charge in [0.05, 0.1) is 31.9 Å². The van der Waals surface area contributed by atoms with E-state index in [9.17, 15) is 13.2 Å². The van der Waals surface area contributed by atoms with Crippen molar-refractivity contribution in [3.8, 4) is 11.5 Å². The van der Waals surface area contributed by atoms with Crippen LogP contribution in [0.3, 0.4) is 0 Å². The van der Waals surface area contributed by atoms with Gasteiger partial charge in [0, 0.05) is 21.7 Å². The fraction of sp³-hybridized carbons (Fsp3) is 0.208. The highest BCUT2D eigenvalue weighted by molar-refractivity contribution is 7.98. The molecule has 0 spiro atoms. The van der Waals surface area contributed by atoms with E-state index in [-0.39, 0.29) is 0 Å². The molecule has 0 saturated heterocycles. The van der Waals surface area contributed by atoms with Gasteiger partial charge in [0.15, 0.2) is 11.5 Å². The lowest BCUT2D eigenvalue weighted by molar-refractivity contribution is -0.114. The molecule has 0 unspecified atom stereocenters. The molecule has 0 saturated carbocycles.